The Balaban J connectivity index is 2.21. The topological polar surface area (TPSA) is 38.7 Å². The summed E-state index contributed by atoms with van der Waals surface area (Å²) in [4.78, 5) is 0. The molecular formula is C16H26O3. The Morgan fingerprint density at radius 1 is 1.58 bits per heavy atom. The first-order chi connectivity index (χ1) is 8.87. The van der Waals surface area contributed by atoms with Gasteiger partial charge in [0.1, 0.15) is 0 Å². The molecule has 19 heavy (non-hydrogen) atoms. The predicted molar refractivity (Wildman–Crippen MR) is 75.7 cm³/mol. The van der Waals surface area contributed by atoms with Crippen molar-refractivity contribution in [2.75, 3.05) is 6.61 Å². The second-order valence-electron chi connectivity index (χ2n) is 6.20. The molecule has 0 aromatic carbocycles. The molecule has 108 valence electrons. The molecule has 0 radical (unpaired) electrons. The van der Waals surface area contributed by atoms with E-state index in [4.69, 9.17) is 14.6 Å². The van der Waals surface area contributed by atoms with E-state index in [1.54, 1.807) is 0 Å². The minimum absolute atomic E-state index is 0.113. The summed E-state index contributed by atoms with van der Waals surface area (Å²) in [5.74, 6) is 0.0592. The third-order valence-electron chi connectivity index (χ3n) is 4.53. The van der Waals surface area contributed by atoms with Crippen LogP contribution >= 0.6 is 0 Å². The first kappa shape index (κ1) is 14.8. The van der Waals surface area contributed by atoms with Crippen LogP contribution in [0.5, 0.6) is 0 Å². The minimum atomic E-state index is -0.574. The lowest BCUT2D eigenvalue weighted by Crippen LogP contribution is -2.55. The van der Waals surface area contributed by atoms with Crippen LogP contribution in [-0.4, -0.2) is 29.7 Å². The number of ether oxygens (including phenoxy) is 2. The molecule has 3 nitrogen and oxygen atoms in total. The zero-order valence-electron chi connectivity index (χ0n) is 12.6. The van der Waals surface area contributed by atoms with E-state index in [-0.39, 0.29) is 24.7 Å². The molecule has 2 heterocycles. The van der Waals surface area contributed by atoms with Crippen molar-refractivity contribution >= 4 is 0 Å². The summed E-state index contributed by atoms with van der Waals surface area (Å²) in [6.07, 6.45) is 5.69. The van der Waals surface area contributed by atoms with Gasteiger partial charge in [0.2, 0.25) is 0 Å². The zero-order valence-corrected chi connectivity index (χ0v) is 12.6. The normalized spacial score (nSPS) is 40.8. The molecule has 0 amide bonds. The Hall–Kier alpha value is -0.640. The third kappa shape index (κ3) is 2.78. The number of aliphatic hydroxyl groups is 1. The van der Waals surface area contributed by atoms with Gasteiger partial charge in [-0.2, -0.15) is 0 Å². The van der Waals surface area contributed by atoms with E-state index in [2.05, 4.69) is 32.9 Å². The molecule has 0 aromatic heterocycles. The van der Waals surface area contributed by atoms with Gasteiger partial charge in [0.05, 0.1) is 18.8 Å². The number of hydrogen-bond acceptors (Lipinski definition) is 3. The van der Waals surface area contributed by atoms with Gasteiger partial charge in [0.15, 0.2) is 5.79 Å². The van der Waals surface area contributed by atoms with Crippen LogP contribution in [0.3, 0.4) is 0 Å². The van der Waals surface area contributed by atoms with Crippen molar-refractivity contribution in [3.63, 3.8) is 0 Å². The first-order valence-electron chi connectivity index (χ1n) is 7.18. The Kier molecular flexibility index (Phi) is 4.19. The number of rotatable bonds is 3. The molecular weight excluding hydrogens is 240 g/mol. The lowest BCUT2D eigenvalue weighted by atomic mass is 9.82. The number of hydrogen-bond donors (Lipinski definition) is 1. The summed E-state index contributed by atoms with van der Waals surface area (Å²) in [5.41, 5.74) is 2.16. The Bertz CT molecular complexity index is 399. The molecule has 1 fully saturated rings. The van der Waals surface area contributed by atoms with Gasteiger partial charge in [-0.05, 0) is 32.8 Å². The summed E-state index contributed by atoms with van der Waals surface area (Å²) in [6, 6.07) is 0. The number of aliphatic hydroxyl groups excluding tert-OH is 1. The van der Waals surface area contributed by atoms with Crippen LogP contribution < -0.4 is 0 Å². The fourth-order valence-corrected chi connectivity index (χ4v) is 3.11. The smallest absolute Gasteiger partial charge is 0.188 e. The molecule has 0 aliphatic carbocycles. The highest BCUT2D eigenvalue weighted by Crippen LogP contribution is 2.43. The van der Waals surface area contributed by atoms with Gasteiger partial charge in [0.25, 0.3) is 0 Å². The van der Waals surface area contributed by atoms with Crippen LogP contribution in [0.1, 0.15) is 41.0 Å². The highest BCUT2D eigenvalue weighted by Gasteiger charge is 2.47. The van der Waals surface area contributed by atoms with Gasteiger partial charge in [-0.25, -0.2) is 0 Å². The quantitative estimate of drug-likeness (QED) is 0.798. The Morgan fingerprint density at radius 3 is 2.89 bits per heavy atom. The largest absolute Gasteiger partial charge is 0.392 e. The van der Waals surface area contributed by atoms with Crippen molar-refractivity contribution in [3.8, 4) is 0 Å². The molecule has 5 atom stereocenters. The fraction of sp³-hybridized carbons (Fsp3) is 0.750. The highest BCUT2D eigenvalue weighted by atomic mass is 16.7. The van der Waals surface area contributed by atoms with E-state index in [1.807, 2.05) is 13.8 Å². The van der Waals surface area contributed by atoms with E-state index in [0.717, 1.165) is 17.6 Å². The second kappa shape index (κ2) is 5.39. The van der Waals surface area contributed by atoms with Crippen molar-refractivity contribution < 1.29 is 14.6 Å². The summed E-state index contributed by atoms with van der Waals surface area (Å²) in [5, 5.41) is 9.16. The maximum absolute atomic E-state index is 9.16. The van der Waals surface area contributed by atoms with Gasteiger partial charge in [0, 0.05) is 11.8 Å². The molecule has 1 saturated heterocycles. The zero-order chi connectivity index (χ0) is 14.2. The second-order valence-corrected chi connectivity index (χ2v) is 6.20. The van der Waals surface area contributed by atoms with Gasteiger partial charge < -0.3 is 14.6 Å². The van der Waals surface area contributed by atoms with Gasteiger partial charge in [-0.1, -0.05) is 31.6 Å². The van der Waals surface area contributed by atoms with Crippen molar-refractivity contribution in [2.45, 2.75) is 59.0 Å². The van der Waals surface area contributed by atoms with E-state index < -0.39 is 5.79 Å². The summed E-state index contributed by atoms with van der Waals surface area (Å²) < 4.78 is 12.3. The van der Waals surface area contributed by atoms with Crippen molar-refractivity contribution in [1.82, 2.24) is 0 Å². The molecule has 2 aliphatic heterocycles. The predicted octanol–water partition coefficient (Wildman–Crippen LogP) is 3.05. The van der Waals surface area contributed by atoms with Crippen molar-refractivity contribution in [2.24, 2.45) is 11.8 Å². The van der Waals surface area contributed by atoms with E-state index in [1.165, 1.54) is 0 Å². The van der Waals surface area contributed by atoms with Gasteiger partial charge >= 0.3 is 0 Å². The van der Waals surface area contributed by atoms with Gasteiger partial charge in [-0.15, -0.1) is 0 Å². The van der Waals surface area contributed by atoms with Crippen LogP contribution in [0.25, 0.3) is 0 Å². The Morgan fingerprint density at radius 2 is 2.26 bits per heavy atom. The number of fused-ring (bicyclic) bond motifs is 2. The SMILES string of the molecule is CC1=CC[C@H]2O[C@]1(C)O[C@H]([C@H](C)/C=C(\C)CO)[C@H]2C. The molecule has 1 N–H and O–H groups in total. The van der Waals surface area contributed by atoms with Crippen molar-refractivity contribution in [1.29, 1.82) is 0 Å². The monoisotopic (exact) mass is 266 g/mol. The fourth-order valence-electron chi connectivity index (χ4n) is 3.11. The van der Waals surface area contributed by atoms with Crippen LogP contribution in [0.15, 0.2) is 23.3 Å². The van der Waals surface area contributed by atoms with Crippen LogP contribution in [0, 0.1) is 11.8 Å². The maximum atomic E-state index is 9.16. The van der Waals surface area contributed by atoms with E-state index in [9.17, 15) is 0 Å². The third-order valence-corrected chi connectivity index (χ3v) is 4.53. The molecule has 2 rings (SSSR count). The molecule has 3 heteroatoms. The average molecular weight is 266 g/mol. The molecule has 2 bridgehead atoms. The lowest BCUT2D eigenvalue weighted by molar-refractivity contribution is -0.318. The summed E-state index contributed by atoms with van der Waals surface area (Å²) in [7, 11) is 0. The highest BCUT2D eigenvalue weighted by molar-refractivity contribution is 5.16. The lowest BCUT2D eigenvalue weighted by Gasteiger charge is -2.50. The summed E-state index contributed by atoms with van der Waals surface area (Å²) >= 11 is 0. The maximum Gasteiger partial charge on any atom is 0.188 e. The Labute approximate surface area is 116 Å². The van der Waals surface area contributed by atoms with Crippen LogP contribution in [-0.2, 0) is 9.47 Å². The standard InChI is InChI=1S/C16H26O3/c1-10(9-17)8-11(2)15-13(4)14-7-6-12(3)16(5,18-14)19-15/h6,8,11,13-15,17H,7,9H2,1-5H3/b10-8+/t11-,13+,14-,15-,16-/m1/s1. The molecule has 0 saturated carbocycles. The summed E-state index contributed by atoms with van der Waals surface area (Å²) in [6.45, 7) is 10.5. The molecule has 2 aliphatic rings. The molecule has 0 unspecified atom stereocenters. The van der Waals surface area contributed by atoms with Crippen molar-refractivity contribution in [3.05, 3.63) is 23.3 Å². The van der Waals surface area contributed by atoms with E-state index >= 15 is 0 Å². The first-order valence-corrected chi connectivity index (χ1v) is 7.18. The van der Waals surface area contributed by atoms with Crippen LogP contribution in [0.4, 0.5) is 0 Å². The minimum Gasteiger partial charge on any atom is -0.392 e. The van der Waals surface area contributed by atoms with Crippen LogP contribution in [0.2, 0.25) is 0 Å². The molecule has 0 aromatic rings. The van der Waals surface area contributed by atoms with Gasteiger partial charge in [-0.3, -0.25) is 0 Å². The molecule has 0 spiro atoms. The average Bonchev–Trinajstić information content (AvgIpc) is 2.37. The van der Waals surface area contributed by atoms with E-state index in [0.29, 0.717) is 5.92 Å².